The van der Waals surface area contributed by atoms with Crippen LogP contribution in [0.2, 0.25) is 0 Å². The first kappa shape index (κ1) is 83.4. The monoisotopic (exact) mass is 1660 g/mol. The summed E-state index contributed by atoms with van der Waals surface area (Å²) in [5.41, 5.74) is 23.9. The zero-order valence-electron chi connectivity index (χ0n) is 72.6. The maximum atomic E-state index is 6.41. The van der Waals surface area contributed by atoms with Crippen molar-refractivity contribution in [1.29, 1.82) is 0 Å². The summed E-state index contributed by atoms with van der Waals surface area (Å²) in [6.07, 6.45) is 5.24. The largest absolute Gasteiger partial charge is 1.20 e. The minimum absolute atomic E-state index is 0.108. The molecule has 15 heteroatoms. The summed E-state index contributed by atoms with van der Waals surface area (Å²) in [4.78, 5) is 23.3. The lowest BCUT2D eigenvalue weighted by Crippen LogP contribution is -2.37. The molecule has 0 atom stereocenters. The fourth-order valence-corrected chi connectivity index (χ4v) is 16.9. The van der Waals surface area contributed by atoms with Crippen LogP contribution in [0.5, 0.6) is 17.2 Å². The van der Waals surface area contributed by atoms with Gasteiger partial charge in [0.1, 0.15) is 33.8 Å². The Hall–Kier alpha value is -14.9. The second-order valence-electron chi connectivity index (χ2n) is 34.3. The third kappa shape index (κ3) is 18.7. The van der Waals surface area contributed by atoms with E-state index in [4.69, 9.17) is 21.3 Å². The van der Waals surface area contributed by atoms with Gasteiger partial charge >= 0.3 is 15.1 Å². The number of nitrogens with zero attached hydrogens (tertiary/aromatic N) is 11. The summed E-state index contributed by atoms with van der Waals surface area (Å²) < 4.78 is 23.5. The first-order valence-corrected chi connectivity index (χ1v) is 44.0. The van der Waals surface area contributed by atoms with E-state index in [-0.39, 0.29) is 16.2 Å². The van der Waals surface area contributed by atoms with Crippen LogP contribution in [0.3, 0.4) is 0 Å². The first-order chi connectivity index (χ1) is 61.2. The molecule has 0 saturated heterocycles. The second kappa shape index (κ2) is 36.7. The molecule has 0 amide bonds. The van der Waals surface area contributed by atoms with Crippen LogP contribution < -0.4 is 11.4 Å². The summed E-state index contributed by atoms with van der Waals surface area (Å²) in [6, 6.07) is 124. The Morgan fingerprint density at radius 3 is 0.810 bits per heavy atom. The van der Waals surface area contributed by atoms with E-state index in [1.165, 1.54) is 50.1 Å². The van der Waals surface area contributed by atoms with Crippen LogP contribution in [-0.2, 0) is 16.2 Å². The van der Waals surface area contributed by atoms with Gasteiger partial charge in [0.25, 0.3) is 0 Å². The van der Waals surface area contributed by atoms with E-state index in [9.17, 15) is 0 Å². The molecule has 0 unspecified atom stereocenters. The van der Waals surface area contributed by atoms with Crippen LogP contribution in [0.4, 0.5) is 0 Å². The van der Waals surface area contributed by atoms with Crippen LogP contribution in [0.25, 0.3) is 145 Å². The molecule has 14 nitrogen and oxygen atoms in total. The van der Waals surface area contributed by atoms with Crippen LogP contribution in [0.1, 0.15) is 90.4 Å². The number of fused-ring (bicyclic) bond motifs is 6. The van der Waals surface area contributed by atoms with Crippen molar-refractivity contribution in [2.24, 2.45) is 0 Å². The fraction of sp³-hybridized carbons (Fsp3) is 0.126. The van der Waals surface area contributed by atoms with Gasteiger partial charge in [-0.05, 0) is 153 Å². The molecule has 0 aliphatic heterocycles. The molecule has 0 spiro atoms. The maximum absolute atomic E-state index is 6.41. The molecule has 0 saturated carbocycles. The molecule has 7 aromatic heterocycles. The molecule has 616 valence electrons. The van der Waals surface area contributed by atoms with Crippen molar-refractivity contribution in [2.45, 2.75) is 92.4 Å². The maximum Gasteiger partial charge on any atom is 1.20 e. The topological polar surface area (TPSA) is 154 Å². The van der Waals surface area contributed by atoms with Crippen molar-refractivity contribution >= 4 is 69.7 Å². The van der Waals surface area contributed by atoms with Crippen molar-refractivity contribution in [1.82, 2.24) is 54.4 Å². The molecule has 0 bridgehead atoms. The van der Waals surface area contributed by atoms with Gasteiger partial charge in [0.05, 0.1) is 11.0 Å². The highest BCUT2D eigenvalue weighted by Crippen LogP contribution is 2.40. The highest BCUT2D eigenvalue weighted by Gasteiger charge is 2.46. The Morgan fingerprint density at radius 1 is 0.246 bits per heavy atom. The number of pyridine rings is 5. The zero-order chi connectivity index (χ0) is 86.9. The Bertz CT molecular complexity index is 6770. The molecule has 20 rings (SSSR count). The predicted octanol–water partition coefficient (Wildman–Crippen LogP) is 27.3. The lowest BCUT2D eigenvalue weighted by molar-refractivity contribution is 0.311. The minimum atomic E-state index is -2.86. The van der Waals surface area contributed by atoms with Gasteiger partial charge in [-0.2, -0.15) is 0 Å². The number of aromatic nitrogens is 11. The van der Waals surface area contributed by atoms with Gasteiger partial charge in [-0.3, -0.25) is 34.1 Å². The average molecular weight is 1660 g/mol. The Balaban J connectivity index is 0.000000119. The Kier molecular flexibility index (Phi) is 24.3. The van der Waals surface area contributed by atoms with Crippen molar-refractivity contribution < 1.29 is 11.4 Å². The predicted molar refractivity (Wildman–Crippen MR) is 516 cm³/mol. The zero-order valence-corrected chi connectivity index (χ0v) is 73.7. The number of hydrogen-bond donors (Lipinski definition) is 0. The van der Waals surface area contributed by atoms with Gasteiger partial charge in [0, 0.05) is 90.5 Å². The van der Waals surface area contributed by atoms with E-state index >= 15 is 0 Å². The normalized spacial score (nSPS) is 11.5. The highest BCUT2D eigenvalue weighted by atomic mass is 27.3. The Labute approximate surface area is 741 Å². The number of hydrogen-bond acceptors (Lipinski definition) is 12. The number of rotatable bonds is 15. The summed E-state index contributed by atoms with van der Waals surface area (Å²) >= 11 is -2.86. The molecule has 0 radical (unpaired) electrons. The molecule has 0 aliphatic rings. The molecule has 0 N–H and O–H groups in total. The Morgan fingerprint density at radius 2 is 0.508 bits per heavy atom. The summed E-state index contributed by atoms with van der Waals surface area (Å²) in [5, 5.41) is 23.7. The molecule has 13 aromatic carbocycles. The molecule has 7 heterocycles. The first-order valence-electron chi connectivity index (χ1n) is 42.5. The van der Waals surface area contributed by atoms with Gasteiger partial charge < -0.3 is 11.4 Å². The van der Waals surface area contributed by atoms with Crippen molar-refractivity contribution in [2.75, 3.05) is 0 Å². The quantitative estimate of drug-likeness (QED) is 0.0709. The average Bonchev–Trinajstić information content (AvgIpc) is 0.807. The fourth-order valence-electron chi connectivity index (χ4n) is 15.6. The number of benzene rings is 13. The van der Waals surface area contributed by atoms with Crippen LogP contribution in [0.15, 0.2) is 383 Å². The van der Waals surface area contributed by atoms with Gasteiger partial charge in [0.15, 0.2) is 23.3 Å². The van der Waals surface area contributed by atoms with E-state index in [0.29, 0.717) is 17.2 Å². The standard InChI is InChI=1S/C30H27N3.C28H31N3.C26H20N2.3C9H7NO.Al/c1-30(2,3)26-20-18-25(19-21-26)29-32-31-28(33(29)27-12-8-5-9-13-27)24-16-14-23(15-17-24)22-10-6-4-7-11-22;1-27(2,3)22-16-12-20(13-17-22)25-29-30-26(31(25)24-10-8-7-9-11-24)21-14-18-23(19-15-21)28(4,5)6;1-17-15-23(19-9-5-3-6-10-19)21-13-14-22-24(20-11-7-4-8-12-20)16-18(2)28-26(22)25(21)27-17;3*11-8-5-1-3-7-4-2-6-10-9(7)8;/h4-21H,1-3H3;7-19H,1-6H3;3-16H,1-2H3;3*1-6,11H;/q;;;;;;+3/p-3. The van der Waals surface area contributed by atoms with Gasteiger partial charge in [-0.25, -0.2) is 0 Å². The van der Waals surface area contributed by atoms with E-state index in [2.05, 4.69) is 339 Å². The number of para-hydroxylation sites is 5. The van der Waals surface area contributed by atoms with Gasteiger partial charge in [-0.1, -0.05) is 353 Å². The third-order valence-electron chi connectivity index (χ3n) is 22.3. The summed E-state index contributed by atoms with van der Waals surface area (Å²) in [5.74, 6) is 5.19. The molecular weight excluding hydrogens is 1560 g/mol. The summed E-state index contributed by atoms with van der Waals surface area (Å²) in [6.45, 7) is 24.2. The van der Waals surface area contributed by atoms with E-state index in [1.54, 1.807) is 18.6 Å². The van der Waals surface area contributed by atoms with Crippen LogP contribution in [0, 0.1) is 13.8 Å². The van der Waals surface area contributed by atoms with E-state index < -0.39 is 15.1 Å². The van der Waals surface area contributed by atoms with Crippen molar-refractivity contribution in [3.05, 3.63) is 411 Å². The van der Waals surface area contributed by atoms with Crippen LogP contribution in [-0.4, -0.2) is 69.6 Å². The molecule has 0 fully saturated rings. The second-order valence-corrected chi connectivity index (χ2v) is 35.6. The molecule has 0 aliphatic carbocycles. The summed E-state index contributed by atoms with van der Waals surface area (Å²) in [7, 11) is 0. The SMILES string of the molecule is CC(C)(C)c1ccc(-c2nnc(-c3ccc(-c4ccccc4)cc3)n2-c2ccccc2)cc1.CC(C)(C)c1ccc(-c2nnc(-c3ccc(C(C)(C)C)cc3)n2-c2ccccc2)cc1.Cc1cc(-c2ccccc2)c2ccc3c(-c4ccccc4)cc(C)nc3c2n1.c1cnc2c([O][Al]([O]c3cccc4cccnc34)[O]c3cccc4cccnc34)cccc2c1. The number of aryl methyl sites for hydroxylation is 2. The van der Waals surface area contributed by atoms with Gasteiger partial charge in [0.2, 0.25) is 0 Å². The van der Waals surface area contributed by atoms with Crippen molar-refractivity contribution in [3.8, 4) is 108 Å². The van der Waals surface area contributed by atoms with E-state index in [0.717, 1.165) is 123 Å². The third-order valence-corrected chi connectivity index (χ3v) is 23.6. The molecule has 20 aromatic rings. The minimum Gasteiger partial charge on any atom is -0.576 e. The van der Waals surface area contributed by atoms with Crippen molar-refractivity contribution in [3.63, 3.8) is 0 Å². The highest BCUT2D eigenvalue weighted by molar-refractivity contribution is 6.40. The molecule has 126 heavy (non-hydrogen) atoms. The smallest absolute Gasteiger partial charge is 0.576 e. The lowest BCUT2D eigenvalue weighted by atomic mass is 9.86. The van der Waals surface area contributed by atoms with E-state index in [1.807, 2.05) is 146 Å². The van der Waals surface area contributed by atoms with Gasteiger partial charge in [-0.15, -0.1) is 20.4 Å². The van der Waals surface area contributed by atoms with Crippen LogP contribution >= 0.6 is 0 Å². The molecular formula is C111H96AlN11O3. The lowest BCUT2D eigenvalue weighted by Gasteiger charge is -2.19.